The van der Waals surface area contributed by atoms with E-state index in [0.717, 1.165) is 23.4 Å². The molecule has 0 unspecified atom stereocenters. The normalized spacial score (nSPS) is 10.3. The van der Waals surface area contributed by atoms with Crippen molar-refractivity contribution in [2.75, 3.05) is 26.9 Å². The van der Waals surface area contributed by atoms with Crippen LogP contribution in [0.25, 0.3) is 0 Å². The first-order valence-corrected chi connectivity index (χ1v) is 5.84. The fraction of sp³-hybridized carbons (Fsp3) is 0.462. The van der Waals surface area contributed by atoms with Crippen LogP contribution in [0.1, 0.15) is 11.1 Å². The molecular formula is C13H20N2O3. The summed E-state index contributed by atoms with van der Waals surface area (Å²) in [5.41, 5.74) is 7.08. The van der Waals surface area contributed by atoms with Crippen LogP contribution in [0.3, 0.4) is 0 Å². The molecule has 5 nitrogen and oxygen atoms in total. The summed E-state index contributed by atoms with van der Waals surface area (Å²) in [7, 11) is 1.66. The number of methoxy groups -OCH3 is 1. The summed E-state index contributed by atoms with van der Waals surface area (Å²) < 4.78 is 10.4. The van der Waals surface area contributed by atoms with Gasteiger partial charge in [0.2, 0.25) is 0 Å². The molecule has 0 heterocycles. The number of hydrogen-bond donors (Lipinski definition) is 2. The van der Waals surface area contributed by atoms with E-state index in [2.05, 4.69) is 5.32 Å². The highest BCUT2D eigenvalue weighted by molar-refractivity contribution is 5.75. The lowest BCUT2D eigenvalue weighted by atomic mass is 10.1. The Kier molecular flexibility index (Phi) is 6.18. The van der Waals surface area contributed by atoms with E-state index in [9.17, 15) is 4.79 Å². The topological polar surface area (TPSA) is 73.6 Å². The van der Waals surface area contributed by atoms with Crippen molar-refractivity contribution in [3.05, 3.63) is 29.3 Å². The third-order valence-corrected chi connectivity index (χ3v) is 2.45. The third kappa shape index (κ3) is 4.73. The Hall–Kier alpha value is -1.59. The largest absolute Gasteiger partial charge is 0.483 e. The zero-order valence-corrected chi connectivity index (χ0v) is 10.9. The van der Waals surface area contributed by atoms with Crippen LogP contribution in [0.2, 0.25) is 0 Å². The summed E-state index contributed by atoms with van der Waals surface area (Å²) in [6.07, 6.45) is 0. The average Bonchev–Trinajstić information content (AvgIpc) is 2.33. The van der Waals surface area contributed by atoms with Gasteiger partial charge in [0.15, 0.2) is 6.61 Å². The number of para-hydroxylation sites is 1. The second-order valence-corrected chi connectivity index (χ2v) is 3.99. The fourth-order valence-corrected chi connectivity index (χ4v) is 1.60. The maximum atomic E-state index is 10.8. The number of nitrogens with two attached hydrogens (primary N) is 1. The Morgan fingerprint density at radius 3 is 2.89 bits per heavy atom. The van der Waals surface area contributed by atoms with E-state index in [1.165, 1.54) is 0 Å². The van der Waals surface area contributed by atoms with Crippen molar-refractivity contribution in [3.8, 4) is 5.75 Å². The quantitative estimate of drug-likeness (QED) is 0.664. The maximum absolute atomic E-state index is 10.8. The first-order valence-electron chi connectivity index (χ1n) is 5.84. The molecule has 0 spiro atoms. The number of carbonyl (C=O) groups excluding carboxylic acids is 1. The number of hydrogen-bond acceptors (Lipinski definition) is 4. The van der Waals surface area contributed by atoms with Gasteiger partial charge in [-0.25, -0.2) is 0 Å². The van der Waals surface area contributed by atoms with Gasteiger partial charge in [-0.3, -0.25) is 4.79 Å². The average molecular weight is 252 g/mol. The van der Waals surface area contributed by atoms with Crippen molar-refractivity contribution in [2.24, 2.45) is 5.73 Å². The highest BCUT2D eigenvalue weighted by Crippen LogP contribution is 2.23. The summed E-state index contributed by atoms with van der Waals surface area (Å²) in [4.78, 5) is 10.8. The highest BCUT2D eigenvalue weighted by atomic mass is 16.5. The van der Waals surface area contributed by atoms with Crippen LogP contribution in [0, 0.1) is 6.92 Å². The Balaban J connectivity index is 2.64. The number of primary amides is 1. The van der Waals surface area contributed by atoms with Gasteiger partial charge in [0.25, 0.3) is 5.91 Å². The van der Waals surface area contributed by atoms with E-state index in [1.54, 1.807) is 7.11 Å². The molecule has 0 atom stereocenters. The summed E-state index contributed by atoms with van der Waals surface area (Å²) in [6.45, 7) is 3.92. The van der Waals surface area contributed by atoms with Crippen molar-refractivity contribution in [1.29, 1.82) is 0 Å². The molecule has 1 aromatic rings. The molecule has 5 heteroatoms. The Labute approximate surface area is 107 Å². The van der Waals surface area contributed by atoms with Gasteiger partial charge in [-0.1, -0.05) is 18.2 Å². The van der Waals surface area contributed by atoms with Gasteiger partial charge in [0.1, 0.15) is 5.75 Å². The van der Waals surface area contributed by atoms with Crippen LogP contribution in [-0.2, 0) is 16.1 Å². The first-order chi connectivity index (χ1) is 8.65. The molecule has 0 aliphatic heterocycles. The molecule has 0 aliphatic rings. The lowest BCUT2D eigenvalue weighted by Crippen LogP contribution is -2.22. The molecule has 1 aromatic carbocycles. The Morgan fingerprint density at radius 2 is 2.22 bits per heavy atom. The van der Waals surface area contributed by atoms with Crippen molar-refractivity contribution >= 4 is 5.91 Å². The summed E-state index contributed by atoms with van der Waals surface area (Å²) in [5, 5.41) is 3.24. The van der Waals surface area contributed by atoms with Crippen molar-refractivity contribution in [2.45, 2.75) is 13.5 Å². The number of nitrogens with one attached hydrogen (secondary N) is 1. The molecule has 18 heavy (non-hydrogen) atoms. The molecule has 0 fully saturated rings. The van der Waals surface area contributed by atoms with E-state index >= 15 is 0 Å². The molecule has 3 N–H and O–H groups in total. The molecule has 1 amide bonds. The fourth-order valence-electron chi connectivity index (χ4n) is 1.60. The number of amides is 1. The second kappa shape index (κ2) is 7.68. The minimum atomic E-state index is -0.475. The molecule has 0 bridgehead atoms. The number of carbonyl (C=O) groups is 1. The van der Waals surface area contributed by atoms with Gasteiger partial charge in [-0.05, 0) is 12.5 Å². The van der Waals surface area contributed by atoms with Crippen molar-refractivity contribution in [1.82, 2.24) is 5.32 Å². The zero-order valence-electron chi connectivity index (χ0n) is 10.9. The van der Waals surface area contributed by atoms with Crippen LogP contribution in [0.4, 0.5) is 0 Å². The molecule has 0 radical (unpaired) electrons. The van der Waals surface area contributed by atoms with Crippen LogP contribution >= 0.6 is 0 Å². The minimum Gasteiger partial charge on any atom is -0.483 e. The van der Waals surface area contributed by atoms with E-state index in [4.69, 9.17) is 15.2 Å². The smallest absolute Gasteiger partial charge is 0.255 e. The Morgan fingerprint density at radius 1 is 1.44 bits per heavy atom. The van der Waals surface area contributed by atoms with Gasteiger partial charge in [0.05, 0.1) is 6.61 Å². The molecule has 0 aromatic heterocycles. The SMILES string of the molecule is COCCNCc1cccc(C)c1OCC(N)=O. The predicted octanol–water partition coefficient (Wildman–Crippen LogP) is 0.595. The van der Waals surface area contributed by atoms with Gasteiger partial charge in [-0.2, -0.15) is 0 Å². The zero-order chi connectivity index (χ0) is 13.4. The van der Waals surface area contributed by atoms with E-state index in [-0.39, 0.29) is 6.61 Å². The molecule has 0 saturated carbocycles. The van der Waals surface area contributed by atoms with Crippen LogP contribution in [0.5, 0.6) is 5.75 Å². The van der Waals surface area contributed by atoms with Gasteiger partial charge in [0, 0.05) is 25.8 Å². The van der Waals surface area contributed by atoms with Crippen LogP contribution in [-0.4, -0.2) is 32.8 Å². The highest BCUT2D eigenvalue weighted by Gasteiger charge is 2.07. The van der Waals surface area contributed by atoms with Crippen LogP contribution < -0.4 is 15.8 Å². The summed E-state index contributed by atoms with van der Waals surface area (Å²) in [6, 6.07) is 5.86. The molecule has 100 valence electrons. The predicted molar refractivity (Wildman–Crippen MR) is 69.5 cm³/mol. The summed E-state index contributed by atoms with van der Waals surface area (Å²) in [5.74, 6) is 0.248. The van der Waals surface area contributed by atoms with Gasteiger partial charge < -0.3 is 20.5 Å². The van der Waals surface area contributed by atoms with Gasteiger partial charge in [-0.15, -0.1) is 0 Å². The summed E-state index contributed by atoms with van der Waals surface area (Å²) >= 11 is 0. The molecule has 1 rings (SSSR count). The van der Waals surface area contributed by atoms with E-state index in [0.29, 0.717) is 13.2 Å². The lowest BCUT2D eigenvalue weighted by molar-refractivity contribution is -0.119. The van der Waals surface area contributed by atoms with Crippen molar-refractivity contribution < 1.29 is 14.3 Å². The Bertz CT molecular complexity index is 394. The number of aryl methyl sites for hydroxylation is 1. The maximum Gasteiger partial charge on any atom is 0.255 e. The first kappa shape index (κ1) is 14.5. The third-order valence-electron chi connectivity index (χ3n) is 2.45. The minimum absolute atomic E-state index is 0.101. The van der Waals surface area contributed by atoms with Crippen LogP contribution in [0.15, 0.2) is 18.2 Å². The number of benzene rings is 1. The number of rotatable bonds is 8. The van der Waals surface area contributed by atoms with Gasteiger partial charge >= 0.3 is 0 Å². The molecule has 0 saturated heterocycles. The van der Waals surface area contributed by atoms with E-state index in [1.807, 2.05) is 25.1 Å². The molecular weight excluding hydrogens is 232 g/mol. The van der Waals surface area contributed by atoms with Crippen molar-refractivity contribution in [3.63, 3.8) is 0 Å². The van der Waals surface area contributed by atoms with E-state index < -0.39 is 5.91 Å². The standard InChI is InChI=1S/C13H20N2O3/c1-10-4-3-5-11(8-15-6-7-17-2)13(10)18-9-12(14)16/h3-5,15H,6-9H2,1-2H3,(H2,14,16). The molecule has 0 aliphatic carbocycles. The lowest BCUT2D eigenvalue weighted by Gasteiger charge is -2.13. The second-order valence-electron chi connectivity index (χ2n) is 3.99. The number of ether oxygens (including phenoxy) is 2. The monoisotopic (exact) mass is 252 g/mol.